The van der Waals surface area contributed by atoms with Crippen molar-refractivity contribution in [2.45, 2.75) is 10.8 Å². The van der Waals surface area contributed by atoms with E-state index >= 15 is 0 Å². The molecule has 7 nitrogen and oxygen atoms in total. The highest BCUT2D eigenvalue weighted by molar-refractivity contribution is 7.98. The molecule has 0 saturated carbocycles. The summed E-state index contributed by atoms with van der Waals surface area (Å²) in [6, 6.07) is 19.4. The summed E-state index contributed by atoms with van der Waals surface area (Å²) in [6.07, 6.45) is 0. The summed E-state index contributed by atoms with van der Waals surface area (Å²) in [6.45, 7) is 8.54. The van der Waals surface area contributed by atoms with Crippen LogP contribution in [0.1, 0.15) is 11.3 Å². The summed E-state index contributed by atoms with van der Waals surface area (Å²) in [5.41, 5.74) is 9.76. The molecule has 0 spiro atoms. The lowest BCUT2D eigenvalue weighted by molar-refractivity contribution is 0.146. The van der Waals surface area contributed by atoms with Gasteiger partial charge in [-0.3, -0.25) is 0 Å². The lowest BCUT2D eigenvalue weighted by Gasteiger charge is -2.13. The first kappa shape index (κ1) is 24.2. The number of rotatable bonds is 9. The van der Waals surface area contributed by atoms with Gasteiger partial charge in [0.1, 0.15) is 34.3 Å². The van der Waals surface area contributed by atoms with Gasteiger partial charge in [0.15, 0.2) is 0 Å². The van der Waals surface area contributed by atoms with E-state index in [1.807, 2.05) is 47.8 Å². The van der Waals surface area contributed by atoms with Crippen LogP contribution in [0.4, 0.5) is 11.5 Å². The standard InChI is InChI=1S/C26H21N5O2S2/c1-29-23-22(17-8-10-20(11-9-17)33-13-12-32-2)21(14-27)26(31-24(23)28)35-16-19-15-34-25(30-19)18-6-4-3-5-7-18/h3-11,15H,12-13,16H2,2H3,(H2,28,31). The van der Waals surface area contributed by atoms with Gasteiger partial charge in [0.05, 0.1) is 24.4 Å². The minimum absolute atomic E-state index is 0.0974. The SMILES string of the molecule is [C-]#[N+]c1c(N)nc(SCc2csc(-c3ccccc3)n2)c(C#N)c1-c1ccc(OCCOC)cc1. The lowest BCUT2D eigenvalue weighted by atomic mass is 10.00. The van der Waals surface area contributed by atoms with Crippen molar-refractivity contribution in [2.75, 3.05) is 26.1 Å². The maximum Gasteiger partial charge on any atom is 0.236 e. The number of aromatic nitrogens is 2. The highest BCUT2D eigenvalue weighted by Gasteiger charge is 2.21. The third-order valence-electron chi connectivity index (χ3n) is 5.02. The number of hydrogen-bond acceptors (Lipinski definition) is 8. The van der Waals surface area contributed by atoms with E-state index in [4.69, 9.17) is 26.8 Å². The molecule has 0 aliphatic carbocycles. The molecular weight excluding hydrogens is 478 g/mol. The van der Waals surface area contributed by atoms with Crippen molar-refractivity contribution in [3.63, 3.8) is 0 Å². The zero-order valence-electron chi connectivity index (χ0n) is 18.9. The van der Waals surface area contributed by atoms with Gasteiger partial charge in [-0.15, -0.1) is 11.3 Å². The zero-order chi connectivity index (χ0) is 24.6. The number of nitriles is 1. The molecule has 4 aromatic rings. The van der Waals surface area contributed by atoms with Gasteiger partial charge in [0.2, 0.25) is 5.69 Å². The number of anilines is 1. The highest BCUT2D eigenvalue weighted by Crippen LogP contribution is 2.42. The Hall–Kier alpha value is -3.89. The van der Waals surface area contributed by atoms with Gasteiger partial charge in [0, 0.05) is 29.4 Å². The molecule has 35 heavy (non-hydrogen) atoms. The number of nitrogen functional groups attached to an aromatic ring is 1. The van der Waals surface area contributed by atoms with Crippen LogP contribution in [0, 0.1) is 17.9 Å². The Balaban J connectivity index is 1.61. The van der Waals surface area contributed by atoms with Crippen molar-refractivity contribution >= 4 is 34.6 Å². The summed E-state index contributed by atoms with van der Waals surface area (Å²) in [7, 11) is 1.61. The van der Waals surface area contributed by atoms with Crippen molar-refractivity contribution in [1.82, 2.24) is 9.97 Å². The quantitative estimate of drug-likeness (QED) is 0.166. The number of pyridine rings is 1. The molecular formula is C26H21N5O2S2. The van der Waals surface area contributed by atoms with Gasteiger partial charge in [-0.2, -0.15) is 5.26 Å². The highest BCUT2D eigenvalue weighted by atomic mass is 32.2. The van der Waals surface area contributed by atoms with Gasteiger partial charge in [0.25, 0.3) is 0 Å². The molecule has 0 aliphatic rings. The van der Waals surface area contributed by atoms with Crippen molar-refractivity contribution in [3.8, 4) is 33.5 Å². The van der Waals surface area contributed by atoms with Crippen LogP contribution in [0.2, 0.25) is 0 Å². The summed E-state index contributed by atoms with van der Waals surface area (Å²) < 4.78 is 10.6. The first-order valence-electron chi connectivity index (χ1n) is 10.6. The molecule has 0 fully saturated rings. The fraction of sp³-hybridized carbons (Fsp3) is 0.154. The maximum atomic E-state index is 10.0. The second-order valence-corrected chi connectivity index (χ2v) is 9.11. The molecule has 4 rings (SSSR count). The molecule has 0 aliphatic heterocycles. The summed E-state index contributed by atoms with van der Waals surface area (Å²) in [5.74, 6) is 1.29. The number of nitrogens with two attached hydrogens (primary N) is 1. The zero-order valence-corrected chi connectivity index (χ0v) is 20.5. The Bertz CT molecular complexity index is 1390. The van der Waals surface area contributed by atoms with Crippen LogP contribution in [0.15, 0.2) is 65.0 Å². The first-order valence-corrected chi connectivity index (χ1v) is 12.5. The number of nitrogens with zero attached hydrogens (tertiary/aromatic N) is 4. The molecule has 0 amide bonds. The molecule has 174 valence electrons. The summed E-state index contributed by atoms with van der Waals surface area (Å²) >= 11 is 2.95. The van der Waals surface area contributed by atoms with Crippen LogP contribution >= 0.6 is 23.1 Å². The molecule has 2 aromatic carbocycles. The van der Waals surface area contributed by atoms with E-state index in [9.17, 15) is 5.26 Å². The molecule has 2 heterocycles. The Kier molecular flexibility index (Phi) is 7.96. The van der Waals surface area contributed by atoms with E-state index in [0.29, 0.717) is 46.4 Å². The van der Waals surface area contributed by atoms with Crippen LogP contribution in [0.3, 0.4) is 0 Å². The van der Waals surface area contributed by atoms with E-state index < -0.39 is 0 Å². The predicted octanol–water partition coefficient (Wildman–Crippen LogP) is 6.19. The van der Waals surface area contributed by atoms with Gasteiger partial charge in [-0.25, -0.2) is 14.8 Å². The average molecular weight is 500 g/mol. The molecule has 0 radical (unpaired) electrons. The Labute approximate surface area is 212 Å². The van der Waals surface area contributed by atoms with Crippen molar-refractivity contribution in [1.29, 1.82) is 5.26 Å². The van der Waals surface area contributed by atoms with E-state index in [0.717, 1.165) is 16.3 Å². The number of ether oxygens (including phenoxy) is 2. The molecule has 0 bridgehead atoms. The maximum absolute atomic E-state index is 10.0. The summed E-state index contributed by atoms with van der Waals surface area (Å²) in [5, 5.41) is 13.4. The van der Waals surface area contributed by atoms with E-state index in [2.05, 4.69) is 15.9 Å². The second-order valence-electron chi connectivity index (χ2n) is 7.29. The van der Waals surface area contributed by atoms with Crippen LogP contribution in [0.5, 0.6) is 5.75 Å². The predicted molar refractivity (Wildman–Crippen MR) is 140 cm³/mol. The fourth-order valence-electron chi connectivity index (χ4n) is 3.36. The average Bonchev–Trinajstić information content (AvgIpc) is 3.37. The van der Waals surface area contributed by atoms with Gasteiger partial charge >= 0.3 is 0 Å². The van der Waals surface area contributed by atoms with E-state index in [1.54, 1.807) is 30.6 Å². The number of thiazole rings is 1. The third kappa shape index (κ3) is 5.61. The fourth-order valence-corrected chi connectivity index (χ4v) is 5.18. The molecule has 2 N–H and O–H groups in total. The van der Waals surface area contributed by atoms with Crippen LogP contribution in [0.25, 0.3) is 26.5 Å². The van der Waals surface area contributed by atoms with Crippen LogP contribution < -0.4 is 10.5 Å². The molecule has 0 atom stereocenters. The molecule has 0 saturated heterocycles. The Morgan fingerprint density at radius 1 is 1.09 bits per heavy atom. The second kappa shape index (κ2) is 11.5. The van der Waals surface area contributed by atoms with Crippen molar-refractivity contribution in [2.24, 2.45) is 0 Å². The molecule has 2 aromatic heterocycles. The first-order chi connectivity index (χ1) is 17.1. The number of thioether (sulfide) groups is 1. The van der Waals surface area contributed by atoms with E-state index in [1.165, 1.54) is 11.8 Å². The topological polar surface area (TPSA) is 98.4 Å². The normalized spacial score (nSPS) is 10.5. The Morgan fingerprint density at radius 3 is 2.54 bits per heavy atom. The number of methoxy groups -OCH3 is 1. The number of hydrogen-bond donors (Lipinski definition) is 1. The smallest absolute Gasteiger partial charge is 0.236 e. The van der Waals surface area contributed by atoms with Crippen LogP contribution in [-0.2, 0) is 10.5 Å². The minimum atomic E-state index is 0.0974. The van der Waals surface area contributed by atoms with E-state index in [-0.39, 0.29) is 11.5 Å². The largest absolute Gasteiger partial charge is 0.491 e. The lowest BCUT2D eigenvalue weighted by Crippen LogP contribution is -2.04. The molecule has 0 unspecified atom stereocenters. The number of benzene rings is 2. The third-order valence-corrected chi connectivity index (χ3v) is 6.97. The monoisotopic (exact) mass is 499 g/mol. The summed E-state index contributed by atoms with van der Waals surface area (Å²) in [4.78, 5) is 12.7. The van der Waals surface area contributed by atoms with Gasteiger partial charge in [-0.1, -0.05) is 54.2 Å². The Morgan fingerprint density at radius 2 is 1.86 bits per heavy atom. The minimum Gasteiger partial charge on any atom is -0.491 e. The molecule has 9 heteroatoms. The van der Waals surface area contributed by atoms with Gasteiger partial charge in [-0.05, 0) is 17.7 Å². The van der Waals surface area contributed by atoms with Crippen LogP contribution in [-0.4, -0.2) is 30.3 Å². The van der Waals surface area contributed by atoms with Crippen molar-refractivity contribution < 1.29 is 9.47 Å². The van der Waals surface area contributed by atoms with Crippen molar-refractivity contribution in [3.05, 3.63) is 82.7 Å². The van der Waals surface area contributed by atoms with Gasteiger partial charge < -0.3 is 15.2 Å².